The molecule has 0 unspecified atom stereocenters. The molecule has 0 radical (unpaired) electrons. The fourth-order valence-corrected chi connectivity index (χ4v) is 2.70. The van der Waals surface area contributed by atoms with E-state index in [0.29, 0.717) is 0 Å². The van der Waals surface area contributed by atoms with Crippen molar-refractivity contribution in [3.63, 3.8) is 0 Å². The van der Waals surface area contributed by atoms with Crippen LogP contribution in [0.25, 0.3) is 6.08 Å². The minimum atomic E-state index is -1.05. The van der Waals surface area contributed by atoms with E-state index in [1.54, 1.807) is 6.08 Å². The van der Waals surface area contributed by atoms with Gasteiger partial charge in [0, 0.05) is 12.1 Å². The number of rotatable bonds is 5. The van der Waals surface area contributed by atoms with E-state index in [2.05, 4.69) is 10.6 Å². The number of ether oxygens (including phenoxy) is 1. The van der Waals surface area contributed by atoms with Crippen LogP contribution < -0.4 is 10.6 Å². The number of esters is 1. The van der Waals surface area contributed by atoms with E-state index in [4.69, 9.17) is 4.74 Å². The summed E-state index contributed by atoms with van der Waals surface area (Å²) in [5.41, 5.74) is 1.92. The molecule has 6 nitrogen and oxygen atoms in total. The topological polar surface area (TPSA) is 84.5 Å². The zero-order valence-corrected chi connectivity index (χ0v) is 14.6. The van der Waals surface area contributed by atoms with Crippen LogP contribution in [0.4, 0.5) is 4.79 Å². The maximum absolute atomic E-state index is 11.9. The molecule has 134 valence electrons. The van der Waals surface area contributed by atoms with Gasteiger partial charge >= 0.3 is 12.0 Å². The second-order valence-electron chi connectivity index (χ2n) is 6.21. The lowest BCUT2D eigenvalue weighted by molar-refractivity contribution is -0.149. The van der Waals surface area contributed by atoms with E-state index < -0.39 is 24.0 Å². The Hall–Kier alpha value is -2.63. The van der Waals surface area contributed by atoms with Gasteiger partial charge in [0.15, 0.2) is 6.10 Å². The zero-order chi connectivity index (χ0) is 18.2. The third-order valence-electron chi connectivity index (χ3n) is 4.18. The summed E-state index contributed by atoms with van der Waals surface area (Å²) >= 11 is 0. The van der Waals surface area contributed by atoms with Gasteiger partial charge in [-0.2, -0.15) is 0 Å². The minimum Gasteiger partial charge on any atom is -0.449 e. The van der Waals surface area contributed by atoms with Crippen LogP contribution >= 0.6 is 0 Å². The van der Waals surface area contributed by atoms with Gasteiger partial charge in [-0.05, 0) is 43.9 Å². The van der Waals surface area contributed by atoms with Crippen molar-refractivity contribution in [2.45, 2.75) is 51.7 Å². The van der Waals surface area contributed by atoms with Crippen molar-refractivity contribution in [1.82, 2.24) is 10.6 Å². The summed E-state index contributed by atoms with van der Waals surface area (Å²) in [4.78, 5) is 35.5. The van der Waals surface area contributed by atoms with Crippen molar-refractivity contribution in [3.8, 4) is 0 Å². The number of carbonyl (C=O) groups excluding carboxylic acids is 3. The van der Waals surface area contributed by atoms with Crippen molar-refractivity contribution in [3.05, 3.63) is 41.5 Å². The van der Waals surface area contributed by atoms with E-state index in [9.17, 15) is 14.4 Å². The lowest BCUT2D eigenvalue weighted by Gasteiger charge is -2.15. The van der Waals surface area contributed by atoms with Crippen molar-refractivity contribution in [1.29, 1.82) is 0 Å². The van der Waals surface area contributed by atoms with E-state index in [1.165, 1.54) is 13.0 Å². The molecule has 1 aromatic carbocycles. The highest BCUT2D eigenvalue weighted by Gasteiger charge is 2.22. The molecule has 0 spiro atoms. The first-order chi connectivity index (χ1) is 12.0. The summed E-state index contributed by atoms with van der Waals surface area (Å²) in [5.74, 6) is -1.28. The van der Waals surface area contributed by atoms with Crippen LogP contribution in [0, 0.1) is 6.92 Å². The maximum Gasteiger partial charge on any atom is 0.331 e. The molecule has 2 N–H and O–H groups in total. The van der Waals surface area contributed by atoms with Crippen LogP contribution in [-0.2, 0) is 14.3 Å². The largest absolute Gasteiger partial charge is 0.449 e. The first kappa shape index (κ1) is 18.7. The molecule has 1 atom stereocenters. The zero-order valence-electron chi connectivity index (χ0n) is 14.6. The molecule has 2 rings (SSSR count). The second-order valence-corrected chi connectivity index (χ2v) is 6.21. The van der Waals surface area contributed by atoms with Crippen LogP contribution in [0.2, 0.25) is 0 Å². The van der Waals surface area contributed by atoms with Crippen molar-refractivity contribution >= 4 is 24.0 Å². The van der Waals surface area contributed by atoms with Crippen LogP contribution in [0.15, 0.2) is 30.3 Å². The number of imide groups is 1. The summed E-state index contributed by atoms with van der Waals surface area (Å²) in [5, 5.41) is 4.95. The lowest BCUT2D eigenvalue weighted by Crippen LogP contribution is -2.47. The van der Waals surface area contributed by atoms with Gasteiger partial charge in [-0.1, -0.05) is 37.1 Å². The van der Waals surface area contributed by atoms with Gasteiger partial charge in [0.25, 0.3) is 5.91 Å². The fraction of sp³-hybridized carbons (Fsp3) is 0.421. The van der Waals surface area contributed by atoms with E-state index >= 15 is 0 Å². The lowest BCUT2D eigenvalue weighted by atomic mass is 10.1. The molecule has 25 heavy (non-hydrogen) atoms. The molecule has 0 aromatic heterocycles. The Balaban J connectivity index is 1.78. The standard InChI is InChI=1S/C19H24N2O4/c1-13-7-3-4-8-15(13)11-12-17(22)25-14(2)18(23)21-19(24)20-16-9-5-6-10-16/h3-4,7-8,11-12,14,16H,5-6,9-10H2,1-2H3,(H2,20,21,23,24)/b12-11+/t14-/m0/s1. The normalized spacial score (nSPS) is 15.8. The maximum atomic E-state index is 11.9. The third-order valence-corrected chi connectivity index (χ3v) is 4.18. The number of amides is 3. The molecule has 0 heterocycles. The molecule has 0 saturated heterocycles. The molecule has 6 heteroatoms. The van der Waals surface area contributed by atoms with Crippen molar-refractivity contribution in [2.24, 2.45) is 0 Å². The van der Waals surface area contributed by atoms with Gasteiger partial charge in [0.1, 0.15) is 0 Å². The summed E-state index contributed by atoms with van der Waals surface area (Å²) < 4.78 is 5.03. The highest BCUT2D eigenvalue weighted by molar-refractivity contribution is 5.98. The first-order valence-electron chi connectivity index (χ1n) is 8.51. The second kappa shape index (κ2) is 9.01. The molecule has 0 bridgehead atoms. The molecule has 0 aliphatic heterocycles. The van der Waals surface area contributed by atoms with E-state index in [0.717, 1.165) is 36.8 Å². The molecule has 3 amide bonds. The van der Waals surface area contributed by atoms with Crippen LogP contribution in [0.5, 0.6) is 0 Å². The fourth-order valence-electron chi connectivity index (χ4n) is 2.70. The van der Waals surface area contributed by atoms with Crippen molar-refractivity contribution < 1.29 is 19.1 Å². The predicted octanol–water partition coefficient (Wildman–Crippen LogP) is 2.71. The summed E-state index contributed by atoms with van der Waals surface area (Å²) in [7, 11) is 0. The van der Waals surface area contributed by atoms with Crippen LogP contribution in [0.3, 0.4) is 0 Å². The smallest absolute Gasteiger partial charge is 0.331 e. The van der Waals surface area contributed by atoms with Gasteiger partial charge < -0.3 is 10.1 Å². The number of carbonyl (C=O) groups is 3. The van der Waals surface area contributed by atoms with Gasteiger partial charge in [-0.25, -0.2) is 9.59 Å². The molecule has 1 saturated carbocycles. The third kappa shape index (κ3) is 6.06. The monoisotopic (exact) mass is 344 g/mol. The number of hydrogen-bond donors (Lipinski definition) is 2. The number of nitrogens with one attached hydrogen (secondary N) is 2. The Morgan fingerprint density at radius 3 is 2.56 bits per heavy atom. The Kier molecular flexibility index (Phi) is 6.74. The molecule has 1 aromatic rings. The van der Waals surface area contributed by atoms with Crippen molar-refractivity contribution in [2.75, 3.05) is 0 Å². The average Bonchev–Trinajstić information content (AvgIpc) is 3.06. The summed E-state index contributed by atoms with van der Waals surface area (Å²) in [6, 6.07) is 7.16. The number of aryl methyl sites for hydroxylation is 1. The SMILES string of the molecule is Cc1ccccc1/C=C/C(=O)O[C@@H](C)C(=O)NC(=O)NC1CCCC1. The number of urea groups is 1. The Morgan fingerprint density at radius 1 is 1.20 bits per heavy atom. The highest BCUT2D eigenvalue weighted by Crippen LogP contribution is 2.17. The molecule has 1 aliphatic carbocycles. The predicted molar refractivity (Wildman–Crippen MR) is 94.7 cm³/mol. The van der Waals surface area contributed by atoms with Gasteiger partial charge in [0.2, 0.25) is 0 Å². The Labute approximate surface area is 147 Å². The number of benzene rings is 1. The minimum absolute atomic E-state index is 0.114. The first-order valence-corrected chi connectivity index (χ1v) is 8.51. The summed E-state index contributed by atoms with van der Waals surface area (Å²) in [6.07, 6.45) is 5.87. The summed E-state index contributed by atoms with van der Waals surface area (Å²) in [6.45, 7) is 3.36. The van der Waals surface area contributed by atoms with Crippen LogP contribution in [-0.4, -0.2) is 30.1 Å². The molecule has 1 fully saturated rings. The quantitative estimate of drug-likeness (QED) is 0.635. The Morgan fingerprint density at radius 2 is 1.88 bits per heavy atom. The van der Waals surface area contributed by atoms with Gasteiger partial charge in [0.05, 0.1) is 0 Å². The van der Waals surface area contributed by atoms with Gasteiger partial charge in [-0.15, -0.1) is 0 Å². The molecular weight excluding hydrogens is 320 g/mol. The highest BCUT2D eigenvalue weighted by atomic mass is 16.5. The van der Waals surface area contributed by atoms with E-state index in [-0.39, 0.29) is 6.04 Å². The average molecular weight is 344 g/mol. The molecule has 1 aliphatic rings. The van der Waals surface area contributed by atoms with Gasteiger partial charge in [-0.3, -0.25) is 10.1 Å². The van der Waals surface area contributed by atoms with Crippen LogP contribution in [0.1, 0.15) is 43.7 Å². The molecular formula is C19H24N2O4. The Bertz CT molecular complexity index is 663. The number of hydrogen-bond acceptors (Lipinski definition) is 4. The van der Waals surface area contributed by atoms with E-state index in [1.807, 2.05) is 31.2 Å².